The fourth-order valence-corrected chi connectivity index (χ4v) is 2.62. The lowest BCUT2D eigenvalue weighted by Gasteiger charge is -2.08. The van der Waals surface area contributed by atoms with Gasteiger partial charge in [-0.15, -0.1) is 0 Å². The Kier molecular flexibility index (Phi) is 5.17. The van der Waals surface area contributed by atoms with Crippen molar-refractivity contribution in [2.24, 2.45) is 5.10 Å². The molecule has 5 nitrogen and oxygen atoms in total. The van der Waals surface area contributed by atoms with Crippen LogP contribution in [-0.2, 0) is 0 Å². The van der Waals surface area contributed by atoms with Gasteiger partial charge in [0, 0.05) is 11.6 Å². The zero-order chi connectivity index (χ0) is 18.5. The number of nitrogens with zero attached hydrogens (tertiary/aromatic N) is 1. The van der Waals surface area contributed by atoms with Crippen LogP contribution < -0.4 is 14.9 Å². The molecule has 1 N–H and O–H groups in total. The second-order valence-corrected chi connectivity index (χ2v) is 5.80. The van der Waals surface area contributed by atoms with E-state index in [0.717, 1.165) is 22.0 Å². The summed E-state index contributed by atoms with van der Waals surface area (Å²) in [5.74, 6) is 0.761. The first-order valence-electron chi connectivity index (χ1n) is 8.17. The predicted octanol–water partition coefficient (Wildman–Crippen LogP) is 4.01. The van der Waals surface area contributed by atoms with Crippen molar-refractivity contribution in [3.8, 4) is 11.5 Å². The first-order valence-corrected chi connectivity index (χ1v) is 8.17. The number of nitrogens with one attached hydrogen (secondary N) is 1. The lowest BCUT2D eigenvalue weighted by Crippen LogP contribution is -2.19. The summed E-state index contributed by atoms with van der Waals surface area (Å²) in [6, 6.07) is 19.2. The lowest BCUT2D eigenvalue weighted by atomic mass is 10.0. The Labute approximate surface area is 152 Å². The molecule has 0 aliphatic heterocycles. The van der Waals surface area contributed by atoms with Gasteiger partial charge in [0.2, 0.25) is 0 Å². The highest BCUT2D eigenvalue weighted by molar-refractivity contribution is 6.03. The average molecular weight is 348 g/mol. The van der Waals surface area contributed by atoms with E-state index in [1.807, 2.05) is 37.3 Å². The zero-order valence-electron chi connectivity index (χ0n) is 14.9. The third-order valence-corrected chi connectivity index (χ3v) is 4.11. The first-order chi connectivity index (χ1) is 12.6. The van der Waals surface area contributed by atoms with Gasteiger partial charge in [-0.25, -0.2) is 5.43 Å². The summed E-state index contributed by atoms with van der Waals surface area (Å²) < 4.78 is 10.4. The molecule has 0 saturated heterocycles. The van der Waals surface area contributed by atoms with Crippen molar-refractivity contribution < 1.29 is 14.3 Å². The molecule has 0 aliphatic rings. The van der Waals surface area contributed by atoms with E-state index in [0.29, 0.717) is 17.1 Å². The summed E-state index contributed by atoms with van der Waals surface area (Å²) in [4.78, 5) is 12.4. The fraction of sp³-hybridized carbons (Fsp3) is 0.143. The second-order valence-electron chi connectivity index (χ2n) is 5.80. The van der Waals surface area contributed by atoms with E-state index in [2.05, 4.69) is 22.7 Å². The van der Waals surface area contributed by atoms with Gasteiger partial charge in [-0.05, 0) is 41.5 Å². The van der Waals surface area contributed by atoms with Crippen LogP contribution in [0.1, 0.15) is 22.8 Å². The average Bonchev–Trinajstić information content (AvgIpc) is 2.70. The number of methoxy groups -OCH3 is 2. The highest BCUT2D eigenvalue weighted by Crippen LogP contribution is 2.22. The molecular formula is C21H20N2O3. The van der Waals surface area contributed by atoms with E-state index in [9.17, 15) is 4.79 Å². The molecule has 3 aromatic rings. The van der Waals surface area contributed by atoms with Crippen molar-refractivity contribution in [2.75, 3.05) is 14.2 Å². The molecule has 0 saturated carbocycles. The van der Waals surface area contributed by atoms with Crippen LogP contribution in [0.4, 0.5) is 0 Å². The minimum absolute atomic E-state index is 0.331. The Hall–Kier alpha value is -3.34. The number of carbonyl (C=O) groups excluding carboxylic acids is 1. The minimum Gasteiger partial charge on any atom is -0.497 e. The second kappa shape index (κ2) is 7.70. The van der Waals surface area contributed by atoms with E-state index < -0.39 is 0 Å². The molecule has 1 amide bonds. The molecule has 3 rings (SSSR count). The maximum Gasteiger partial charge on any atom is 0.271 e. The van der Waals surface area contributed by atoms with Gasteiger partial charge in [-0.1, -0.05) is 36.4 Å². The molecule has 3 aromatic carbocycles. The largest absolute Gasteiger partial charge is 0.497 e. The molecule has 0 aliphatic carbocycles. The van der Waals surface area contributed by atoms with E-state index in [-0.39, 0.29) is 5.91 Å². The Morgan fingerprint density at radius 2 is 1.50 bits per heavy atom. The van der Waals surface area contributed by atoms with Crippen LogP contribution in [0.2, 0.25) is 0 Å². The molecule has 0 heterocycles. The van der Waals surface area contributed by atoms with Crippen molar-refractivity contribution in [1.82, 2.24) is 5.43 Å². The summed E-state index contributed by atoms with van der Waals surface area (Å²) in [5, 5.41) is 6.52. The van der Waals surface area contributed by atoms with E-state index >= 15 is 0 Å². The normalized spacial score (nSPS) is 11.3. The smallest absolute Gasteiger partial charge is 0.271 e. The van der Waals surface area contributed by atoms with Crippen LogP contribution in [0.5, 0.6) is 11.5 Å². The highest BCUT2D eigenvalue weighted by atomic mass is 16.5. The number of hydrogen-bond acceptors (Lipinski definition) is 4. The van der Waals surface area contributed by atoms with Crippen molar-refractivity contribution in [3.05, 3.63) is 71.8 Å². The third kappa shape index (κ3) is 3.83. The number of hydrazone groups is 1. The Balaban J connectivity index is 1.80. The van der Waals surface area contributed by atoms with Crippen LogP contribution in [0.25, 0.3) is 10.8 Å². The summed E-state index contributed by atoms with van der Waals surface area (Å²) in [5.41, 5.74) is 4.67. The highest BCUT2D eigenvalue weighted by Gasteiger charge is 2.10. The number of carbonyl (C=O) groups is 1. The third-order valence-electron chi connectivity index (χ3n) is 4.11. The maximum atomic E-state index is 12.4. The Bertz CT molecular complexity index is 958. The quantitative estimate of drug-likeness (QED) is 0.560. The SMILES string of the molecule is COc1cc(OC)cc(C(=O)N/N=C(\C)c2ccc3ccccc3c2)c1. The molecule has 5 heteroatoms. The van der Waals surface area contributed by atoms with Crippen molar-refractivity contribution in [3.63, 3.8) is 0 Å². The molecule has 26 heavy (non-hydrogen) atoms. The topological polar surface area (TPSA) is 59.9 Å². The van der Waals surface area contributed by atoms with Gasteiger partial charge in [0.15, 0.2) is 0 Å². The standard InChI is InChI=1S/C21H20N2O3/c1-14(16-9-8-15-6-4-5-7-17(15)10-16)22-23-21(24)18-11-19(25-2)13-20(12-18)26-3/h4-13H,1-3H3,(H,23,24)/b22-14+. The molecule has 0 fully saturated rings. The van der Waals surface area contributed by atoms with Gasteiger partial charge in [0.05, 0.1) is 19.9 Å². The molecule has 0 bridgehead atoms. The van der Waals surface area contributed by atoms with Gasteiger partial charge >= 0.3 is 0 Å². The molecule has 132 valence electrons. The number of rotatable bonds is 5. The van der Waals surface area contributed by atoms with Gasteiger partial charge in [0.1, 0.15) is 11.5 Å². The summed E-state index contributed by atoms with van der Waals surface area (Å²) in [7, 11) is 3.08. The predicted molar refractivity (Wildman–Crippen MR) is 103 cm³/mol. The van der Waals surface area contributed by atoms with Gasteiger partial charge in [-0.2, -0.15) is 5.10 Å². The lowest BCUT2D eigenvalue weighted by molar-refractivity contribution is 0.0954. The molecule has 0 aromatic heterocycles. The van der Waals surface area contributed by atoms with Crippen LogP contribution >= 0.6 is 0 Å². The van der Waals surface area contributed by atoms with Gasteiger partial charge in [0.25, 0.3) is 5.91 Å². The van der Waals surface area contributed by atoms with Crippen LogP contribution in [0, 0.1) is 0 Å². The van der Waals surface area contributed by atoms with Crippen molar-refractivity contribution in [1.29, 1.82) is 0 Å². The molecule has 0 spiro atoms. The molecular weight excluding hydrogens is 328 g/mol. The summed E-state index contributed by atoms with van der Waals surface area (Å²) >= 11 is 0. The van der Waals surface area contributed by atoms with E-state index in [1.165, 1.54) is 0 Å². The van der Waals surface area contributed by atoms with E-state index in [1.54, 1.807) is 32.4 Å². The monoisotopic (exact) mass is 348 g/mol. The Morgan fingerprint density at radius 3 is 2.15 bits per heavy atom. The maximum absolute atomic E-state index is 12.4. The number of hydrogen-bond donors (Lipinski definition) is 1. The van der Waals surface area contributed by atoms with Crippen molar-refractivity contribution >= 4 is 22.4 Å². The number of ether oxygens (including phenoxy) is 2. The minimum atomic E-state index is -0.331. The van der Waals surface area contributed by atoms with E-state index in [4.69, 9.17) is 9.47 Å². The van der Waals surface area contributed by atoms with Gasteiger partial charge < -0.3 is 9.47 Å². The Morgan fingerprint density at radius 1 is 0.846 bits per heavy atom. The van der Waals surface area contributed by atoms with Crippen LogP contribution in [-0.4, -0.2) is 25.8 Å². The first kappa shape index (κ1) is 17.5. The summed E-state index contributed by atoms with van der Waals surface area (Å²) in [6.07, 6.45) is 0. The summed E-state index contributed by atoms with van der Waals surface area (Å²) in [6.45, 7) is 1.86. The van der Waals surface area contributed by atoms with Crippen LogP contribution in [0.15, 0.2) is 65.8 Å². The van der Waals surface area contributed by atoms with Gasteiger partial charge in [-0.3, -0.25) is 4.79 Å². The molecule has 0 radical (unpaired) electrons. The van der Waals surface area contributed by atoms with Crippen molar-refractivity contribution in [2.45, 2.75) is 6.92 Å². The number of fused-ring (bicyclic) bond motifs is 1. The molecule has 0 unspecified atom stereocenters. The number of benzene rings is 3. The number of amides is 1. The van der Waals surface area contributed by atoms with Crippen LogP contribution in [0.3, 0.4) is 0 Å². The fourth-order valence-electron chi connectivity index (χ4n) is 2.62. The molecule has 0 atom stereocenters. The zero-order valence-corrected chi connectivity index (χ0v) is 14.9.